The largest absolute Gasteiger partial charge is 0.484 e. The highest BCUT2D eigenvalue weighted by Crippen LogP contribution is 2.31. The lowest BCUT2D eigenvalue weighted by molar-refractivity contribution is -0.134. The minimum atomic E-state index is -0.316. The second kappa shape index (κ2) is 7.87. The van der Waals surface area contributed by atoms with Gasteiger partial charge < -0.3 is 14.2 Å². The second-order valence-corrected chi connectivity index (χ2v) is 7.55. The average molecular weight is 415 g/mol. The molecule has 1 aromatic heterocycles. The van der Waals surface area contributed by atoms with Crippen LogP contribution in [0.15, 0.2) is 40.9 Å². The Kier molecular flexibility index (Phi) is 5.28. The van der Waals surface area contributed by atoms with Gasteiger partial charge in [0.2, 0.25) is 0 Å². The fourth-order valence-corrected chi connectivity index (χ4v) is 3.59. The van der Waals surface area contributed by atoms with E-state index < -0.39 is 0 Å². The van der Waals surface area contributed by atoms with Gasteiger partial charge in [0.25, 0.3) is 5.91 Å². The molecule has 0 aliphatic carbocycles. The van der Waals surface area contributed by atoms with Gasteiger partial charge in [0, 0.05) is 29.1 Å². The molecule has 2 heterocycles. The quantitative estimate of drug-likeness (QED) is 0.620. The molecule has 1 amide bonds. The molecule has 0 saturated carbocycles. The maximum Gasteiger partial charge on any atom is 0.260 e. The number of nitrogens with zero attached hydrogens (tertiary/aromatic N) is 2. The van der Waals surface area contributed by atoms with Crippen molar-refractivity contribution in [2.75, 3.05) is 13.2 Å². The lowest BCUT2D eigenvalue weighted by Crippen LogP contribution is -2.38. The maximum absolute atomic E-state index is 13.2. The van der Waals surface area contributed by atoms with E-state index in [4.69, 9.17) is 20.9 Å². The Bertz CT molecular complexity index is 1040. The molecule has 29 heavy (non-hydrogen) atoms. The summed E-state index contributed by atoms with van der Waals surface area (Å²) in [4.78, 5) is 14.4. The van der Waals surface area contributed by atoms with Gasteiger partial charge in [0.15, 0.2) is 12.4 Å². The summed E-state index contributed by atoms with van der Waals surface area (Å²) in [7, 11) is 0. The van der Waals surface area contributed by atoms with Crippen LogP contribution in [0.5, 0.6) is 5.75 Å². The van der Waals surface area contributed by atoms with Crippen molar-refractivity contribution in [2.24, 2.45) is 0 Å². The van der Waals surface area contributed by atoms with Crippen molar-refractivity contribution in [3.8, 4) is 17.1 Å². The number of amides is 1. The van der Waals surface area contributed by atoms with E-state index in [1.807, 2.05) is 26.0 Å². The number of hydrogen-bond donors (Lipinski definition) is 0. The van der Waals surface area contributed by atoms with E-state index in [2.05, 4.69) is 5.16 Å². The first-order valence-corrected chi connectivity index (χ1v) is 9.71. The molecule has 5 nitrogen and oxygen atoms in total. The number of fused-ring (bicyclic) bond motifs is 1. The molecule has 0 atom stereocenters. The number of aromatic nitrogens is 1. The molecular weight excluding hydrogens is 395 g/mol. The molecule has 150 valence electrons. The van der Waals surface area contributed by atoms with Gasteiger partial charge in [0.1, 0.15) is 11.6 Å². The van der Waals surface area contributed by atoms with Gasteiger partial charge in [0.05, 0.1) is 12.2 Å². The first-order valence-electron chi connectivity index (χ1n) is 9.33. The van der Waals surface area contributed by atoms with Crippen LogP contribution in [0.4, 0.5) is 4.39 Å². The molecule has 0 N–H and O–H groups in total. The Morgan fingerprint density at radius 1 is 1.24 bits per heavy atom. The number of carbonyl (C=O) groups is 1. The molecule has 0 saturated heterocycles. The predicted molar refractivity (Wildman–Crippen MR) is 107 cm³/mol. The van der Waals surface area contributed by atoms with Crippen molar-refractivity contribution in [1.29, 1.82) is 0 Å². The van der Waals surface area contributed by atoms with Crippen molar-refractivity contribution in [1.82, 2.24) is 10.1 Å². The van der Waals surface area contributed by atoms with Crippen LogP contribution in [-0.4, -0.2) is 29.1 Å². The summed E-state index contributed by atoms with van der Waals surface area (Å²) < 4.78 is 24.4. The zero-order valence-corrected chi connectivity index (χ0v) is 16.9. The minimum absolute atomic E-state index is 0.0625. The van der Waals surface area contributed by atoms with E-state index in [1.54, 1.807) is 17.0 Å². The third kappa shape index (κ3) is 3.98. The molecule has 0 unspecified atom stereocenters. The maximum atomic E-state index is 13.2. The summed E-state index contributed by atoms with van der Waals surface area (Å²) in [6, 6.07) is 9.68. The van der Waals surface area contributed by atoms with Crippen LogP contribution in [0, 0.1) is 19.7 Å². The van der Waals surface area contributed by atoms with E-state index in [0.29, 0.717) is 36.0 Å². The zero-order chi connectivity index (χ0) is 20.5. The van der Waals surface area contributed by atoms with Crippen LogP contribution >= 0.6 is 11.6 Å². The van der Waals surface area contributed by atoms with Gasteiger partial charge in [-0.2, -0.15) is 0 Å². The highest BCUT2D eigenvalue weighted by molar-refractivity contribution is 6.32. The van der Waals surface area contributed by atoms with E-state index in [1.165, 1.54) is 12.1 Å². The molecule has 1 aliphatic heterocycles. The van der Waals surface area contributed by atoms with Gasteiger partial charge in [-0.1, -0.05) is 16.8 Å². The highest BCUT2D eigenvalue weighted by Gasteiger charge is 2.27. The summed E-state index contributed by atoms with van der Waals surface area (Å²) >= 11 is 6.18. The number of halogens is 2. The molecular formula is C22H20ClFN2O3. The van der Waals surface area contributed by atoms with Crippen molar-refractivity contribution in [3.63, 3.8) is 0 Å². The van der Waals surface area contributed by atoms with Crippen molar-refractivity contribution >= 4 is 17.5 Å². The first-order chi connectivity index (χ1) is 13.9. The molecule has 2 aromatic carbocycles. The third-order valence-electron chi connectivity index (χ3n) is 5.07. The summed E-state index contributed by atoms with van der Waals surface area (Å²) in [6.45, 7) is 4.67. The van der Waals surface area contributed by atoms with Crippen LogP contribution < -0.4 is 4.74 Å². The molecule has 0 bridgehead atoms. The number of ether oxygens (including phenoxy) is 1. The number of aryl methyl sites for hydroxylation is 2. The Labute approximate surface area is 173 Å². The summed E-state index contributed by atoms with van der Waals surface area (Å²) in [5.74, 6) is 0.755. The van der Waals surface area contributed by atoms with Crippen LogP contribution in [0.3, 0.4) is 0 Å². The van der Waals surface area contributed by atoms with Crippen LogP contribution in [0.1, 0.15) is 22.4 Å². The third-order valence-corrected chi connectivity index (χ3v) is 5.66. The van der Waals surface area contributed by atoms with Crippen LogP contribution in [-0.2, 0) is 17.8 Å². The molecule has 4 rings (SSSR count). The molecule has 0 fully saturated rings. The smallest absolute Gasteiger partial charge is 0.260 e. The number of hydrogen-bond acceptors (Lipinski definition) is 4. The van der Waals surface area contributed by atoms with Crippen LogP contribution in [0.25, 0.3) is 11.3 Å². The van der Waals surface area contributed by atoms with E-state index >= 15 is 0 Å². The average Bonchev–Trinajstić information content (AvgIpc) is 3.14. The Morgan fingerprint density at radius 3 is 2.62 bits per heavy atom. The number of rotatable bonds is 4. The summed E-state index contributed by atoms with van der Waals surface area (Å²) in [5.41, 5.74) is 4.24. The molecule has 1 aliphatic rings. The molecule has 0 spiro atoms. The minimum Gasteiger partial charge on any atom is -0.484 e. The molecule has 7 heteroatoms. The van der Waals surface area contributed by atoms with Crippen molar-refractivity contribution in [3.05, 3.63) is 69.6 Å². The first kappa shape index (κ1) is 19.5. The van der Waals surface area contributed by atoms with Gasteiger partial charge in [-0.3, -0.25) is 4.79 Å². The normalized spacial score (nSPS) is 13.3. The number of carbonyl (C=O) groups excluding carboxylic acids is 1. The van der Waals surface area contributed by atoms with E-state index in [-0.39, 0.29) is 18.3 Å². The van der Waals surface area contributed by atoms with Gasteiger partial charge in [-0.25, -0.2) is 4.39 Å². The fraction of sp³-hybridized carbons (Fsp3) is 0.273. The molecule has 0 radical (unpaired) electrons. The van der Waals surface area contributed by atoms with Crippen molar-refractivity contribution in [2.45, 2.75) is 26.8 Å². The fourth-order valence-electron chi connectivity index (χ4n) is 3.48. The zero-order valence-electron chi connectivity index (χ0n) is 16.2. The van der Waals surface area contributed by atoms with Gasteiger partial charge in [-0.15, -0.1) is 0 Å². The lowest BCUT2D eigenvalue weighted by atomic mass is 10.0. The monoisotopic (exact) mass is 414 g/mol. The van der Waals surface area contributed by atoms with Crippen molar-refractivity contribution < 1.29 is 18.4 Å². The SMILES string of the molecule is Cc1cc(OCC(=O)N2CCc3noc(-c4ccc(F)cc4)c3C2)cc(C)c1Cl. The Morgan fingerprint density at radius 2 is 1.93 bits per heavy atom. The Balaban J connectivity index is 1.46. The van der Waals surface area contributed by atoms with Gasteiger partial charge in [-0.05, 0) is 61.4 Å². The van der Waals surface area contributed by atoms with Gasteiger partial charge >= 0.3 is 0 Å². The predicted octanol–water partition coefficient (Wildman–Crippen LogP) is 4.71. The number of benzene rings is 2. The summed E-state index contributed by atoms with van der Waals surface area (Å²) in [5, 5.41) is 4.82. The van der Waals surface area contributed by atoms with E-state index in [9.17, 15) is 9.18 Å². The second-order valence-electron chi connectivity index (χ2n) is 7.17. The molecule has 3 aromatic rings. The van der Waals surface area contributed by atoms with Crippen LogP contribution in [0.2, 0.25) is 5.02 Å². The topological polar surface area (TPSA) is 55.6 Å². The lowest BCUT2D eigenvalue weighted by Gasteiger charge is -2.26. The highest BCUT2D eigenvalue weighted by atomic mass is 35.5. The van der Waals surface area contributed by atoms with E-state index in [0.717, 1.165) is 27.9 Å². The summed E-state index contributed by atoms with van der Waals surface area (Å²) in [6.07, 6.45) is 0.602. The standard InChI is InChI=1S/C22H20ClFN2O3/c1-13-9-17(10-14(2)21(13)23)28-12-20(27)26-8-7-19-18(11-26)22(29-25-19)15-3-5-16(24)6-4-15/h3-6,9-10H,7-8,11-12H2,1-2H3. The Hall–Kier alpha value is -2.86.